The monoisotopic (exact) mass is 655 g/mol. The fraction of sp³-hybridized carbons (Fsp3) is 0.818. The summed E-state index contributed by atoms with van der Waals surface area (Å²) in [5.41, 5.74) is 0. The Morgan fingerprint density at radius 2 is 0.826 bits per heavy atom. The molecule has 0 saturated carbocycles. The number of nitrogens with zero attached hydrogens (tertiary/aromatic N) is 3. The van der Waals surface area contributed by atoms with Crippen LogP contribution < -0.4 is 0 Å². The number of likely N-dealkylation sites (N-methyl/N-ethyl adjacent to an activating group) is 3. The Morgan fingerprint density at radius 3 is 1.09 bits per heavy atom. The van der Waals surface area contributed by atoms with E-state index in [-0.39, 0.29) is 0 Å². The molecule has 1 heterocycles. The minimum Gasteiger partial charge on any atom is -0.450 e. The molecule has 1 aliphatic rings. The first-order valence-corrected chi connectivity index (χ1v) is 16.3. The quantitative estimate of drug-likeness (QED) is 0.304. The van der Waals surface area contributed by atoms with Gasteiger partial charge in [-0.05, 0) is 29.6 Å². The molecule has 1 N–H and O–H groups in total. The van der Waals surface area contributed by atoms with Crippen LogP contribution in [0.5, 0.6) is 0 Å². The van der Waals surface area contributed by atoms with Crippen LogP contribution in [-0.4, -0.2) is 120 Å². The molecule has 0 spiro atoms. The van der Waals surface area contributed by atoms with E-state index in [1.54, 1.807) is 55.4 Å². The lowest BCUT2D eigenvalue weighted by Gasteiger charge is -2.38. The fourth-order valence-electron chi connectivity index (χ4n) is 5.38. The molecule has 0 aromatic rings. The second-order valence-electron chi connectivity index (χ2n) is 13.5. The number of hydrogen-bond donors (Lipinski definition) is 1. The van der Waals surface area contributed by atoms with E-state index in [0.717, 1.165) is 4.90 Å². The highest BCUT2D eigenvalue weighted by Gasteiger charge is 2.45. The Kier molecular flexibility index (Phi) is 15.6. The highest BCUT2D eigenvalue weighted by molar-refractivity contribution is 5.94. The zero-order valence-electron chi connectivity index (χ0n) is 29.9. The topological polar surface area (TPSA) is 160 Å². The van der Waals surface area contributed by atoms with Crippen LogP contribution in [0.4, 0.5) is 0 Å². The first kappa shape index (κ1) is 40.8. The van der Waals surface area contributed by atoms with Crippen molar-refractivity contribution >= 4 is 35.6 Å². The SMILES string of the molecule is CC[C@H](C)[C@H]1C(=O)O[C@H](C(C)C)C(=O)N(C)[C@@H](CO)C(=O)O[C@H](C(C)C)C(=O)N(C)[C@@H]([C@@H](C)CC)C(=O)O[C@H](C(C)C)C(=O)N1C. The molecule has 1 rings (SSSR count). The Morgan fingerprint density at radius 1 is 0.543 bits per heavy atom. The first-order chi connectivity index (χ1) is 21.3. The van der Waals surface area contributed by atoms with Gasteiger partial charge < -0.3 is 34.0 Å². The molecular formula is C33H57N3O10. The van der Waals surface area contributed by atoms with Gasteiger partial charge in [-0.3, -0.25) is 14.4 Å². The van der Waals surface area contributed by atoms with Crippen molar-refractivity contribution in [2.75, 3.05) is 27.7 Å². The summed E-state index contributed by atoms with van der Waals surface area (Å²) in [7, 11) is 4.10. The maximum atomic E-state index is 14.0. The summed E-state index contributed by atoms with van der Waals surface area (Å²) in [6.45, 7) is 16.4. The van der Waals surface area contributed by atoms with Crippen molar-refractivity contribution in [2.24, 2.45) is 29.6 Å². The minimum absolute atomic E-state index is 0.416. The van der Waals surface area contributed by atoms with Crippen molar-refractivity contribution in [2.45, 2.75) is 119 Å². The summed E-state index contributed by atoms with van der Waals surface area (Å²) in [5.74, 6) is -7.25. The van der Waals surface area contributed by atoms with Crippen LogP contribution in [0.1, 0.15) is 82.1 Å². The van der Waals surface area contributed by atoms with E-state index in [1.165, 1.54) is 30.9 Å². The van der Waals surface area contributed by atoms with Gasteiger partial charge >= 0.3 is 17.9 Å². The molecule has 264 valence electrons. The van der Waals surface area contributed by atoms with E-state index in [9.17, 15) is 33.9 Å². The van der Waals surface area contributed by atoms with E-state index in [0.29, 0.717) is 12.8 Å². The molecule has 3 amide bonds. The van der Waals surface area contributed by atoms with Crippen LogP contribution in [0, 0.1) is 29.6 Å². The van der Waals surface area contributed by atoms with Crippen molar-refractivity contribution in [3.05, 3.63) is 0 Å². The molecule has 0 radical (unpaired) electrons. The van der Waals surface area contributed by atoms with Crippen LogP contribution >= 0.6 is 0 Å². The zero-order chi connectivity index (χ0) is 35.8. The van der Waals surface area contributed by atoms with E-state index in [1.807, 2.05) is 13.8 Å². The van der Waals surface area contributed by atoms with Crippen molar-refractivity contribution < 1.29 is 48.1 Å². The van der Waals surface area contributed by atoms with Crippen LogP contribution in [0.25, 0.3) is 0 Å². The highest BCUT2D eigenvalue weighted by atomic mass is 16.6. The van der Waals surface area contributed by atoms with Crippen LogP contribution in [0.15, 0.2) is 0 Å². The van der Waals surface area contributed by atoms with E-state index >= 15 is 0 Å². The Hall–Kier alpha value is -3.22. The maximum absolute atomic E-state index is 14.0. The lowest BCUT2D eigenvalue weighted by atomic mass is 9.95. The fourth-order valence-corrected chi connectivity index (χ4v) is 5.38. The van der Waals surface area contributed by atoms with Crippen molar-refractivity contribution in [3.8, 4) is 0 Å². The number of ether oxygens (including phenoxy) is 3. The van der Waals surface area contributed by atoms with Crippen LogP contribution in [0.2, 0.25) is 0 Å². The van der Waals surface area contributed by atoms with Gasteiger partial charge in [0.2, 0.25) is 0 Å². The van der Waals surface area contributed by atoms with Gasteiger partial charge in [0.1, 0.15) is 12.1 Å². The number of carbonyl (C=O) groups excluding carboxylic acids is 6. The standard InChI is InChI=1S/C33H57N3O10/c1-14-20(9)23-32(42)45-25(17(3)4)28(38)34(11)22(16-37)31(41)44-26(18(5)6)29(39)35(12)24(21(10)15-2)33(43)46-27(19(7)8)30(40)36(23)13/h17-27,37H,14-16H2,1-13H3/t20-,21-,22-,23-,24-,25+,26+,27+/m0/s1. The Labute approximate surface area is 274 Å². The summed E-state index contributed by atoms with van der Waals surface area (Å²) in [5, 5.41) is 10.2. The van der Waals surface area contributed by atoms with E-state index < -0.39 is 108 Å². The summed E-state index contributed by atoms with van der Waals surface area (Å²) < 4.78 is 17.2. The molecule has 0 bridgehead atoms. The number of hydrogen-bond acceptors (Lipinski definition) is 10. The van der Waals surface area contributed by atoms with Crippen molar-refractivity contribution in [3.63, 3.8) is 0 Å². The molecule has 46 heavy (non-hydrogen) atoms. The van der Waals surface area contributed by atoms with Gasteiger partial charge in [-0.2, -0.15) is 0 Å². The number of esters is 3. The molecule has 13 nitrogen and oxygen atoms in total. The molecule has 1 aliphatic heterocycles. The normalized spacial score (nSPS) is 28.2. The number of rotatable bonds is 8. The van der Waals surface area contributed by atoms with E-state index in [2.05, 4.69) is 0 Å². The zero-order valence-corrected chi connectivity index (χ0v) is 29.9. The van der Waals surface area contributed by atoms with Crippen LogP contribution in [-0.2, 0) is 43.0 Å². The number of aliphatic hydroxyl groups excluding tert-OH is 1. The molecule has 0 unspecified atom stereocenters. The van der Waals surface area contributed by atoms with Crippen molar-refractivity contribution in [1.82, 2.24) is 14.7 Å². The number of carbonyl (C=O) groups is 6. The van der Waals surface area contributed by atoms with Crippen molar-refractivity contribution in [1.29, 1.82) is 0 Å². The first-order valence-electron chi connectivity index (χ1n) is 16.3. The molecule has 1 fully saturated rings. The largest absolute Gasteiger partial charge is 0.450 e. The average molecular weight is 656 g/mol. The molecule has 0 aromatic carbocycles. The Bertz CT molecular complexity index is 1080. The van der Waals surface area contributed by atoms with Crippen LogP contribution in [0.3, 0.4) is 0 Å². The highest BCUT2D eigenvalue weighted by Crippen LogP contribution is 2.25. The predicted octanol–water partition coefficient (Wildman–Crippen LogP) is 2.27. The van der Waals surface area contributed by atoms with Gasteiger partial charge in [-0.15, -0.1) is 0 Å². The van der Waals surface area contributed by atoms with Gasteiger partial charge in [0, 0.05) is 21.1 Å². The molecule has 8 atom stereocenters. The molecule has 0 aliphatic carbocycles. The van der Waals surface area contributed by atoms with Gasteiger partial charge in [0.25, 0.3) is 17.7 Å². The lowest BCUT2D eigenvalue weighted by molar-refractivity contribution is -0.181. The minimum atomic E-state index is -1.53. The summed E-state index contributed by atoms with van der Waals surface area (Å²) in [6.07, 6.45) is -3.11. The summed E-state index contributed by atoms with van der Waals surface area (Å²) >= 11 is 0. The molecule has 1 saturated heterocycles. The molecule has 0 aromatic heterocycles. The van der Waals surface area contributed by atoms with Gasteiger partial charge in [-0.1, -0.05) is 82.1 Å². The van der Waals surface area contributed by atoms with E-state index in [4.69, 9.17) is 14.2 Å². The average Bonchev–Trinajstić information content (AvgIpc) is 2.99. The summed E-state index contributed by atoms with van der Waals surface area (Å²) in [4.78, 5) is 85.9. The summed E-state index contributed by atoms with van der Waals surface area (Å²) in [6, 6.07) is -3.81. The molecular weight excluding hydrogens is 598 g/mol. The third-order valence-electron chi connectivity index (χ3n) is 8.91. The smallest absolute Gasteiger partial charge is 0.332 e. The third kappa shape index (κ3) is 9.42. The van der Waals surface area contributed by atoms with Gasteiger partial charge in [-0.25, -0.2) is 14.4 Å². The number of amides is 3. The van der Waals surface area contributed by atoms with Gasteiger partial charge in [0.05, 0.1) is 6.61 Å². The predicted molar refractivity (Wildman–Crippen MR) is 170 cm³/mol. The second-order valence-corrected chi connectivity index (χ2v) is 13.5. The number of aliphatic hydroxyl groups is 1. The Balaban J connectivity index is 3.95. The number of cyclic esters (lactones) is 3. The third-order valence-corrected chi connectivity index (χ3v) is 8.91. The van der Waals surface area contributed by atoms with Gasteiger partial charge in [0.15, 0.2) is 24.4 Å². The second kappa shape index (κ2) is 17.6. The maximum Gasteiger partial charge on any atom is 0.332 e. The molecule has 13 heteroatoms. The lowest BCUT2D eigenvalue weighted by Crippen LogP contribution is -2.58.